The van der Waals surface area contributed by atoms with Gasteiger partial charge in [0.05, 0.1) is 12.1 Å². The van der Waals surface area contributed by atoms with Crippen LogP contribution in [0.2, 0.25) is 0 Å². The number of Topliss-reactive ketones (excluding diaryl/α,β-unsaturated/α-hetero) is 1. The fourth-order valence-electron chi connectivity index (χ4n) is 2.51. The van der Waals surface area contributed by atoms with Crippen LogP contribution in [0.1, 0.15) is 42.1 Å². The number of amides is 1. The van der Waals surface area contributed by atoms with Gasteiger partial charge in [0.1, 0.15) is 0 Å². The van der Waals surface area contributed by atoms with Crippen molar-refractivity contribution in [3.05, 3.63) is 29.3 Å². The number of nitrogens with zero attached hydrogens (tertiary/aromatic N) is 2. The average Bonchev–Trinajstić information content (AvgIpc) is 2.69. The lowest BCUT2D eigenvalue weighted by atomic mass is 9.90. The maximum atomic E-state index is 11.9. The summed E-state index contributed by atoms with van der Waals surface area (Å²) in [5.74, 6) is 0.140. The zero-order chi connectivity index (χ0) is 12.7. The first-order valence-corrected chi connectivity index (χ1v) is 6.18. The molecule has 0 spiro atoms. The van der Waals surface area contributed by atoms with Crippen molar-refractivity contribution in [3.8, 4) is 0 Å². The van der Waals surface area contributed by atoms with Gasteiger partial charge >= 0.3 is 0 Å². The van der Waals surface area contributed by atoms with E-state index in [1.807, 2.05) is 19.1 Å². The van der Waals surface area contributed by atoms with Crippen LogP contribution in [0.4, 0.5) is 5.69 Å². The Bertz CT molecular complexity index is 575. The Morgan fingerprint density at radius 2 is 2.06 bits per heavy atom. The van der Waals surface area contributed by atoms with Gasteiger partial charge in [0.2, 0.25) is 0 Å². The molecule has 0 atom stereocenters. The molecule has 2 aliphatic rings. The van der Waals surface area contributed by atoms with Gasteiger partial charge in [0.25, 0.3) is 5.91 Å². The molecule has 92 valence electrons. The Morgan fingerprint density at radius 1 is 1.22 bits per heavy atom. The molecule has 18 heavy (non-hydrogen) atoms. The number of rotatable bonds is 1. The number of fused-ring (bicyclic) bond motifs is 1. The van der Waals surface area contributed by atoms with Crippen LogP contribution in [0.25, 0.3) is 0 Å². The van der Waals surface area contributed by atoms with Gasteiger partial charge in [-0.2, -0.15) is 5.10 Å². The largest absolute Gasteiger partial charge is 0.294 e. The lowest BCUT2D eigenvalue weighted by molar-refractivity contribution is -0.116. The number of carbonyl (C=O) groups is 2. The summed E-state index contributed by atoms with van der Waals surface area (Å²) in [6, 6.07) is 5.62. The summed E-state index contributed by atoms with van der Waals surface area (Å²) in [7, 11) is 0. The van der Waals surface area contributed by atoms with Crippen LogP contribution in [0, 0.1) is 0 Å². The quantitative estimate of drug-likeness (QED) is 0.758. The molecule has 1 aliphatic carbocycles. The van der Waals surface area contributed by atoms with E-state index >= 15 is 0 Å². The van der Waals surface area contributed by atoms with E-state index in [1.54, 1.807) is 6.07 Å². The molecule has 4 heteroatoms. The molecule has 0 aromatic heterocycles. The first-order chi connectivity index (χ1) is 8.65. The molecule has 1 aliphatic heterocycles. The average molecular weight is 242 g/mol. The van der Waals surface area contributed by atoms with Gasteiger partial charge in [-0.15, -0.1) is 0 Å². The fraction of sp³-hybridized carbons (Fsp3) is 0.357. The molecular formula is C14H14N2O2. The van der Waals surface area contributed by atoms with Gasteiger partial charge < -0.3 is 0 Å². The minimum atomic E-state index is -0.0318. The maximum Gasteiger partial charge on any atom is 0.253 e. The molecule has 3 rings (SSSR count). The number of ketones is 1. The SMILES string of the molecule is CC1=NN(c2ccc3c(c2)C(=O)CCC3)C(=O)C1. The molecule has 1 amide bonds. The first kappa shape index (κ1) is 11.1. The molecule has 0 radical (unpaired) electrons. The van der Waals surface area contributed by atoms with E-state index in [0.717, 1.165) is 29.7 Å². The van der Waals surface area contributed by atoms with Gasteiger partial charge in [-0.1, -0.05) is 6.07 Å². The van der Waals surface area contributed by atoms with E-state index in [0.29, 0.717) is 18.5 Å². The molecule has 1 aromatic rings. The summed E-state index contributed by atoms with van der Waals surface area (Å²) in [5, 5.41) is 5.60. The van der Waals surface area contributed by atoms with Crippen LogP contribution >= 0.6 is 0 Å². The van der Waals surface area contributed by atoms with E-state index in [2.05, 4.69) is 5.10 Å². The second-order valence-electron chi connectivity index (χ2n) is 4.84. The third-order valence-corrected chi connectivity index (χ3v) is 3.40. The van der Waals surface area contributed by atoms with E-state index in [4.69, 9.17) is 0 Å². The molecule has 1 aromatic carbocycles. The Balaban J connectivity index is 2.02. The number of hydrogen-bond donors (Lipinski definition) is 0. The molecular weight excluding hydrogens is 228 g/mol. The normalized spacial score (nSPS) is 18.9. The summed E-state index contributed by atoms with van der Waals surface area (Å²) >= 11 is 0. The van der Waals surface area contributed by atoms with Gasteiger partial charge in [-0.25, -0.2) is 5.01 Å². The number of aryl methyl sites for hydroxylation is 1. The molecule has 1 heterocycles. The van der Waals surface area contributed by atoms with Crippen molar-refractivity contribution < 1.29 is 9.59 Å². The highest BCUT2D eigenvalue weighted by atomic mass is 16.2. The molecule has 0 saturated carbocycles. The smallest absolute Gasteiger partial charge is 0.253 e. The highest BCUT2D eigenvalue weighted by Crippen LogP contribution is 2.28. The molecule has 4 nitrogen and oxygen atoms in total. The Labute approximate surface area is 105 Å². The summed E-state index contributed by atoms with van der Waals surface area (Å²) < 4.78 is 0. The van der Waals surface area contributed by atoms with E-state index in [-0.39, 0.29) is 11.7 Å². The van der Waals surface area contributed by atoms with Gasteiger partial charge in [-0.05, 0) is 37.5 Å². The number of carbonyl (C=O) groups excluding carboxylic acids is 2. The molecule has 0 unspecified atom stereocenters. The van der Waals surface area contributed by atoms with Crippen molar-refractivity contribution in [1.82, 2.24) is 0 Å². The fourth-order valence-corrected chi connectivity index (χ4v) is 2.51. The standard InChI is InChI=1S/C14H14N2O2/c1-9-7-14(18)16(15-9)11-6-5-10-3-2-4-13(17)12(10)8-11/h5-6,8H,2-4,7H2,1H3. The van der Waals surface area contributed by atoms with E-state index in [9.17, 15) is 9.59 Å². The lowest BCUT2D eigenvalue weighted by Crippen LogP contribution is -2.20. The van der Waals surface area contributed by atoms with Crippen molar-refractivity contribution in [2.75, 3.05) is 5.01 Å². The third-order valence-electron chi connectivity index (χ3n) is 3.40. The first-order valence-electron chi connectivity index (χ1n) is 6.18. The van der Waals surface area contributed by atoms with E-state index in [1.165, 1.54) is 5.01 Å². The highest BCUT2D eigenvalue weighted by Gasteiger charge is 2.25. The molecule has 0 saturated heterocycles. The van der Waals surface area contributed by atoms with Crippen LogP contribution in [0.3, 0.4) is 0 Å². The van der Waals surface area contributed by atoms with Crippen LogP contribution in [-0.4, -0.2) is 17.4 Å². The van der Waals surface area contributed by atoms with Gasteiger partial charge in [0, 0.05) is 17.7 Å². The predicted molar refractivity (Wildman–Crippen MR) is 68.9 cm³/mol. The van der Waals surface area contributed by atoms with Crippen molar-refractivity contribution >= 4 is 23.1 Å². The van der Waals surface area contributed by atoms with Crippen LogP contribution < -0.4 is 5.01 Å². The minimum absolute atomic E-state index is 0.0318. The van der Waals surface area contributed by atoms with Crippen molar-refractivity contribution in [2.24, 2.45) is 5.10 Å². The second kappa shape index (κ2) is 4.05. The molecule has 0 bridgehead atoms. The van der Waals surface area contributed by atoms with Crippen molar-refractivity contribution in [2.45, 2.75) is 32.6 Å². The number of anilines is 1. The van der Waals surface area contributed by atoms with Crippen molar-refractivity contribution in [1.29, 1.82) is 0 Å². The monoisotopic (exact) mass is 242 g/mol. The summed E-state index contributed by atoms with van der Waals surface area (Å²) in [6.07, 6.45) is 2.83. The second-order valence-corrected chi connectivity index (χ2v) is 4.84. The van der Waals surface area contributed by atoms with Crippen LogP contribution in [-0.2, 0) is 11.2 Å². The molecule has 0 N–H and O–H groups in total. The Morgan fingerprint density at radius 3 is 2.78 bits per heavy atom. The zero-order valence-corrected chi connectivity index (χ0v) is 10.3. The lowest BCUT2D eigenvalue weighted by Gasteiger charge is -2.18. The maximum absolute atomic E-state index is 11.9. The zero-order valence-electron chi connectivity index (χ0n) is 10.3. The predicted octanol–water partition coefficient (Wildman–Crippen LogP) is 2.32. The molecule has 0 fully saturated rings. The van der Waals surface area contributed by atoms with Gasteiger partial charge in [0.15, 0.2) is 5.78 Å². The van der Waals surface area contributed by atoms with Crippen LogP contribution in [0.15, 0.2) is 23.3 Å². The summed E-state index contributed by atoms with van der Waals surface area (Å²) in [5.41, 5.74) is 3.35. The number of hydrazone groups is 1. The van der Waals surface area contributed by atoms with Crippen molar-refractivity contribution in [3.63, 3.8) is 0 Å². The summed E-state index contributed by atoms with van der Waals surface area (Å²) in [6.45, 7) is 1.83. The third kappa shape index (κ3) is 1.74. The summed E-state index contributed by atoms with van der Waals surface area (Å²) in [4.78, 5) is 23.6. The minimum Gasteiger partial charge on any atom is -0.294 e. The highest BCUT2D eigenvalue weighted by molar-refractivity contribution is 6.12. The topological polar surface area (TPSA) is 49.7 Å². The Hall–Kier alpha value is -1.97. The van der Waals surface area contributed by atoms with Crippen LogP contribution in [0.5, 0.6) is 0 Å². The number of benzene rings is 1. The van der Waals surface area contributed by atoms with E-state index < -0.39 is 0 Å². The Kier molecular flexibility index (Phi) is 2.51. The van der Waals surface area contributed by atoms with Gasteiger partial charge in [-0.3, -0.25) is 9.59 Å². The number of hydrogen-bond acceptors (Lipinski definition) is 3.